The number of hydrogen-bond donors (Lipinski definition) is 1. The van der Waals surface area contributed by atoms with Gasteiger partial charge in [-0.2, -0.15) is 10.2 Å². The van der Waals surface area contributed by atoms with Crippen molar-refractivity contribution in [3.63, 3.8) is 0 Å². The minimum absolute atomic E-state index is 0.262. The number of aryl methyl sites for hydroxylation is 1. The van der Waals surface area contributed by atoms with E-state index in [2.05, 4.69) is 15.3 Å². The largest absolute Gasteiger partial charge is 0.348 e. The number of aromatic nitrogens is 5. The Kier molecular flexibility index (Phi) is 3.17. The van der Waals surface area contributed by atoms with E-state index in [9.17, 15) is 9.18 Å². The van der Waals surface area contributed by atoms with E-state index in [0.717, 1.165) is 5.56 Å². The normalized spacial score (nSPS) is 12.5. The molecule has 0 bridgehead atoms. The maximum Gasteiger partial charge on any atom is 0.348 e. The molecule has 0 saturated carbocycles. The molecule has 21 heavy (non-hydrogen) atoms. The van der Waals surface area contributed by atoms with Gasteiger partial charge in [-0.25, -0.2) is 18.9 Å². The van der Waals surface area contributed by atoms with Crippen LogP contribution in [0.4, 0.5) is 4.39 Å². The van der Waals surface area contributed by atoms with Crippen LogP contribution in [0.3, 0.4) is 0 Å². The summed E-state index contributed by atoms with van der Waals surface area (Å²) in [7, 11) is 0. The second kappa shape index (κ2) is 5.01. The number of nitrogens with zero attached hydrogens (tertiary/aromatic N) is 4. The van der Waals surface area contributed by atoms with Gasteiger partial charge < -0.3 is 0 Å². The molecule has 3 rings (SSSR count). The van der Waals surface area contributed by atoms with Crippen molar-refractivity contribution in [1.29, 1.82) is 0 Å². The summed E-state index contributed by atoms with van der Waals surface area (Å²) in [6.45, 7) is 3.68. The Morgan fingerprint density at radius 2 is 2.19 bits per heavy atom. The summed E-state index contributed by atoms with van der Waals surface area (Å²) in [4.78, 5) is 12.1. The van der Waals surface area contributed by atoms with E-state index in [-0.39, 0.29) is 6.04 Å². The molecule has 6 nitrogen and oxygen atoms in total. The molecular weight excluding hydrogens is 273 g/mol. The van der Waals surface area contributed by atoms with Gasteiger partial charge in [0, 0.05) is 12.4 Å². The standard InChI is InChI=1S/C14H14FN5O/c1-9-4-5-11(15)8-12(9)20-13(17-18-14(20)21)10(2)19-7-3-6-16-19/h3-8,10H,1-2H3,(H,18,21). The SMILES string of the molecule is Cc1ccc(F)cc1-n1c(C(C)n2cccn2)n[nH]c1=O. The van der Waals surface area contributed by atoms with E-state index < -0.39 is 11.5 Å². The molecule has 2 heterocycles. The third kappa shape index (κ3) is 2.26. The van der Waals surface area contributed by atoms with Crippen LogP contribution < -0.4 is 5.69 Å². The Morgan fingerprint density at radius 1 is 1.38 bits per heavy atom. The first-order chi connectivity index (χ1) is 10.1. The van der Waals surface area contributed by atoms with Gasteiger partial charge in [0.15, 0.2) is 5.82 Å². The molecule has 0 saturated heterocycles. The minimum Gasteiger partial charge on any atom is -0.262 e. The van der Waals surface area contributed by atoms with Gasteiger partial charge in [0.2, 0.25) is 0 Å². The fraction of sp³-hybridized carbons (Fsp3) is 0.214. The molecule has 0 aliphatic rings. The van der Waals surface area contributed by atoms with Gasteiger partial charge in [0.1, 0.15) is 11.9 Å². The molecule has 3 aromatic rings. The third-order valence-corrected chi connectivity index (χ3v) is 3.41. The Bertz CT molecular complexity index is 818. The molecule has 0 aliphatic heterocycles. The first-order valence-corrected chi connectivity index (χ1v) is 6.51. The average Bonchev–Trinajstić information content (AvgIpc) is 3.10. The zero-order valence-electron chi connectivity index (χ0n) is 11.6. The van der Waals surface area contributed by atoms with Crippen LogP contribution in [0, 0.1) is 12.7 Å². The van der Waals surface area contributed by atoms with Crippen LogP contribution in [0.25, 0.3) is 5.69 Å². The predicted octanol–water partition coefficient (Wildman–Crippen LogP) is 1.81. The lowest BCUT2D eigenvalue weighted by Gasteiger charge is -2.14. The average molecular weight is 287 g/mol. The second-order valence-corrected chi connectivity index (χ2v) is 4.82. The number of aromatic amines is 1. The van der Waals surface area contributed by atoms with Crippen molar-refractivity contribution in [2.24, 2.45) is 0 Å². The minimum atomic E-state index is -0.405. The topological polar surface area (TPSA) is 68.5 Å². The summed E-state index contributed by atoms with van der Waals surface area (Å²) in [6.07, 6.45) is 3.44. The summed E-state index contributed by atoms with van der Waals surface area (Å²) >= 11 is 0. The first kappa shape index (κ1) is 13.3. The van der Waals surface area contributed by atoms with Crippen LogP contribution in [0.15, 0.2) is 41.5 Å². The zero-order chi connectivity index (χ0) is 15.0. The maximum absolute atomic E-state index is 13.5. The van der Waals surface area contributed by atoms with E-state index in [1.807, 2.05) is 13.8 Å². The van der Waals surface area contributed by atoms with E-state index in [0.29, 0.717) is 11.5 Å². The lowest BCUT2D eigenvalue weighted by Crippen LogP contribution is -2.21. The summed E-state index contributed by atoms with van der Waals surface area (Å²) in [5.74, 6) is 0.0683. The van der Waals surface area contributed by atoms with Crippen molar-refractivity contribution < 1.29 is 4.39 Å². The quantitative estimate of drug-likeness (QED) is 0.799. The molecule has 108 valence electrons. The molecule has 1 unspecified atom stereocenters. The highest BCUT2D eigenvalue weighted by Gasteiger charge is 2.19. The molecule has 0 aliphatic carbocycles. The number of H-pyrrole nitrogens is 1. The van der Waals surface area contributed by atoms with Crippen LogP contribution in [0.5, 0.6) is 0 Å². The fourth-order valence-corrected chi connectivity index (χ4v) is 2.27. The molecule has 0 radical (unpaired) electrons. The van der Waals surface area contributed by atoms with Crippen molar-refractivity contribution in [3.05, 3.63) is 64.3 Å². The Morgan fingerprint density at radius 3 is 2.90 bits per heavy atom. The summed E-state index contributed by atoms with van der Waals surface area (Å²) in [5.41, 5.74) is 0.856. The lowest BCUT2D eigenvalue weighted by molar-refractivity contribution is 0.526. The highest BCUT2D eigenvalue weighted by atomic mass is 19.1. The van der Waals surface area contributed by atoms with Crippen molar-refractivity contribution in [2.75, 3.05) is 0 Å². The monoisotopic (exact) mass is 287 g/mol. The van der Waals surface area contributed by atoms with Gasteiger partial charge in [0.05, 0.1) is 5.69 Å². The fourth-order valence-electron chi connectivity index (χ4n) is 2.27. The van der Waals surface area contributed by atoms with Gasteiger partial charge in [-0.1, -0.05) is 6.07 Å². The molecule has 2 aromatic heterocycles. The Balaban J connectivity index is 2.18. The first-order valence-electron chi connectivity index (χ1n) is 6.51. The molecule has 7 heteroatoms. The van der Waals surface area contributed by atoms with Gasteiger partial charge in [0.25, 0.3) is 0 Å². The molecule has 0 spiro atoms. The van der Waals surface area contributed by atoms with E-state index in [1.165, 1.54) is 16.7 Å². The highest BCUT2D eigenvalue weighted by Crippen LogP contribution is 2.20. The summed E-state index contributed by atoms with van der Waals surface area (Å²) in [5, 5.41) is 10.6. The summed E-state index contributed by atoms with van der Waals surface area (Å²) in [6, 6.07) is 5.85. The molecular formula is C14H14FN5O. The predicted molar refractivity (Wildman–Crippen MR) is 74.9 cm³/mol. The van der Waals surface area contributed by atoms with Crippen LogP contribution in [-0.4, -0.2) is 24.5 Å². The van der Waals surface area contributed by atoms with Crippen LogP contribution >= 0.6 is 0 Å². The molecule has 1 N–H and O–H groups in total. The highest BCUT2D eigenvalue weighted by molar-refractivity contribution is 5.41. The van der Waals surface area contributed by atoms with Crippen molar-refractivity contribution in [2.45, 2.75) is 19.9 Å². The third-order valence-electron chi connectivity index (χ3n) is 3.41. The van der Waals surface area contributed by atoms with Gasteiger partial charge in [-0.05, 0) is 37.6 Å². The van der Waals surface area contributed by atoms with Gasteiger partial charge >= 0.3 is 5.69 Å². The maximum atomic E-state index is 13.5. The molecule has 1 aromatic carbocycles. The van der Waals surface area contributed by atoms with Crippen molar-refractivity contribution in [1.82, 2.24) is 24.5 Å². The van der Waals surface area contributed by atoms with Crippen LogP contribution in [-0.2, 0) is 0 Å². The lowest BCUT2D eigenvalue weighted by atomic mass is 10.2. The number of hydrogen-bond acceptors (Lipinski definition) is 3. The van der Waals surface area contributed by atoms with Gasteiger partial charge in [-0.15, -0.1) is 0 Å². The number of rotatable bonds is 3. The van der Waals surface area contributed by atoms with Crippen molar-refractivity contribution >= 4 is 0 Å². The zero-order valence-corrected chi connectivity index (χ0v) is 11.6. The van der Waals surface area contributed by atoms with Crippen molar-refractivity contribution in [3.8, 4) is 5.69 Å². The van der Waals surface area contributed by atoms with Gasteiger partial charge in [-0.3, -0.25) is 4.68 Å². The smallest absolute Gasteiger partial charge is 0.262 e. The molecule has 0 fully saturated rings. The van der Waals surface area contributed by atoms with Crippen LogP contribution in [0.1, 0.15) is 24.4 Å². The second-order valence-electron chi connectivity index (χ2n) is 4.82. The van der Waals surface area contributed by atoms with E-state index in [1.54, 1.807) is 29.2 Å². The molecule has 0 amide bonds. The van der Waals surface area contributed by atoms with Crippen LogP contribution in [0.2, 0.25) is 0 Å². The Hall–Kier alpha value is -2.70. The van der Waals surface area contributed by atoms with E-state index in [4.69, 9.17) is 0 Å². The molecule has 1 atom stereocenters. The number of benzene rings is 1. The number of halogens is 1. The number of nitrogens with one attached hydrogen (secondary N) is 1. The Labute approximate surface area is 119 Å². The summed E-state index contributed by atoms with van der Waals surface area (Å²) < 4.78 is 16.6. The van der Waals surface area contributed by atoms with E-state index >= 15 is 0 Å².